The van der Waals surface area contributed by atoms with E-state index in [1.807, 2.05) is 28.8 Å². The van der Waals surface area contributed by atoms with Gasteiger partial charge in [0, 0.05) is 11.9 Å². The average molecular weight is 337 g/mol. The topological polar surface area (TPSA) is 48.7 Å². The van der Waals surface area contributed by atoms with E-state index in [4.69, 9.17) is 4.74 Å². The molecule has 5 nitrogen and oxygen atoms in total. The lowest BCUT2D eigenvalue weighted by Crippen LogP contribution is -2.03. The monoisotopic (exact) mass is 337 g/mol. The van der Waals surface area contributed by atoms with Crippen LogP contribution in [0.25, 0.3) is 5.65 Å². The predicted molar refractivity (Wildman–Crippen MR) is 82.2 cm³/mol. The second kappa shape index (κ2) is 6.82. The highest BCUT2D eigenvalue weighted by atomic mass is 32.2. The maximum absolute atomic E-state index is 12.3. The highest BCUT2D eigenvalue weighted by Gasteiger charge is 2.12. The molecule has 2 heterocycles. The third kappa shape index (κ3) is 3.53. The Kier molecular flexibility index (Phi) is 4.61. The first-order chi connectivity index (χ1) is 11.2. The molecule has 0 saturated carbocycles. The van der Waals surface area contributed by atoms with Gasteiger partial charge in [-0.2, -0.15) is 8.78 Å². The van der Waals surface area contributed by atoms with E-state index < -0.39 is 6.61 Å². The number of nitrogens with zero attached hydrogens (tertiary/aromatic N) is 3. The Balaban J connectivity index is 1.75. The van der Waals surface area contributed by atoms with Gasteiger partial charge in [-0.15, -0.1) is 10.2 Å². The molecule has 23 heavy (non-hydrogen) atoms. The number of halogens is 2. The van der Waals surface area contributed by atoms with E-state index in [2.05, 4.69) is 14.9 Å². The number of pyridine rings is 1. The van der Waals surface area contributed by atoms with Crippen LogP contribution in [0, 0.1) is 0 Å². The lowest BCUT2D eigenvalue weighted by molar-refractivity contribution is -0.0512. The lowest BCUT2D eigenvalue weighted by atomic mass is 10.2. The Morgan fingerprint density at radius 3 is 2.83 bits per heavy atom. The van der Waals surface area contributed by atoms with Crippen LogP contribution in [0.15, 0.2) is 47.8 Å². The maximum Gasteiger partial charge on any atom is 0.387 e. The summed E-state index contributed by atoms with van der Waals surface area (Å²) in [7, 11) is 1.41. The summed E-state index contributed by atoms with van der Waals surface area (Å²) in [5.41, 5.74) is 1.68. The molecule has 0 fully saturated rings. The van der Waals surface area contributed by atoms with Crippen LogP contribution in [0.2, 0.25) is 0 Å². The number of hydrogen-bond donors (Lipinski definition) is 0. The first kappa shape index (κ1) is 15.5. The maximum atomic E-state index is 12.3. The van der Waals surface area contributed by atoms with Crippen molar-refractivity contribution in [1.82, 2.24) is 14.6 Å². The van der Waals surface area contributed by atoms with Crippen molar-refractivity contribution in [3.63, 3.8) is 0 Å². The minimum atomic E-state index is -2.88. The number of benzene rings is 1. The molecule has 0 aliphatic rings. The van der Waals surface area contributed by atoms with Crippen LogP contribution >= 0.6 is 11.8 Å². The third-order valence-electron chi connectivity index (χ3n) is 3.09. The Labute approximate surface area is 135 Å². The van der Waals surface area contributed by atoms with Crippen molar-refractivity contribution >= 4 is 17.4 Å². The number of alkyl halides is 2. The molecule has 3 aromatic rings. The fourth-order valence-electron chi connectivity index (χ4n) is 2.06. The second-order valence-electron chi connectivity index (χ2n) is 4.56. The third-order valence-corrected chi connectivity index (χ3v) is 4.11. The molecule has 0 spiro atoms. The van der Waals surface area contributed by atoms with Gasteiger partial charge in [-0.1, -0.05) is 23.9 Å². The Hall–Kier alpha value is -2.35. The Morgan fingerprint density at radius 2 is 2.04 bits per heavy atom. The molecule has 120 valence electrons. The largest absolute Gasteiger partial charge is 0.493 e. The Bertz CT molecular complexity index is 810. The molecule has 3 rings (SSSR count). The van der Waals surface area contributed by atoms with E-state index in [1.165, 1.54) is 24.9 Å². The van der Waals surface area contributed by atoms with Crippen LogP contribution in [0.4, 0.5) is 8.78 Å². The van der Waals surface area contributed by atoms with Gasteiger partial charge < -0.3 is 9.47 Å². The van der Waals surface area contributed by atoms with E-state index >= 15 is 0 Å². The van der Waals surface area contributed by atoms with Crippen LogP contribution in [-0.2, 0) is 5.75 Å². The van der Waals surface area contributed by atoms with Gasteiger partial charge in [0.05, 0.1) is 7.11 Å². The molecule has 0 aliphatic carbocycles. The molecule has 8 heteroatoms. The van der Waals surface area contributed by atoms with Gasteiger partial charge in [0.2, 0.25) is 0 Å². The molecule has 1 aromatic carbocycles. The van der Waals surface area contributed by atoms with E-state index in [-0.39, 0.29) is 11.5 Å². The predicted octanol–water partition coefficient (Wildman–Crippen LogP) is 3.63. The summed E-state index contributed by atoms with van der Waals surface area (Å²) in [4.78, 5) is 0. The van der Waals surface area contributed by atoms with Gasteiger partial charge in [0.15, 0.2) is 22.3 Å². The normalized spacial score (nSPS) is 11.1. The number of rotatable bonds is 6. The van der Waals surface area contributed by atoms with Crippen molar-refractivity contribution in [3.8, 4) is 11.5 Å². The van der Waals surface area contributed by atoms with Gasteiger partial charge in [-0.05, 0) is 29.8 Å². The summed E-state index contributed by atoms with van der Waals surface area (Å²) < 4.78 is 36.0. The quantitative estimate of drug-likeness (QED) is 0.643. The molecule has 0 amide bonds. The molecule has 0 N–H and O–H groups in total. The SMILES string of the molecule is COc1cc(CSc2nnc3ccccn23)ccc1OC(F)F. The number of methoxy groups -OCH3 is 1. The van der Waals surface area contributed by atoms with E-state index in [9.17, 15) is 8.78 Å². The van der Waals surface area contributed by atoms with Crippen molar-refractivity contribution in [2.75, 3.05) is 7.11 Å². The summed E-state index contributed by atoms with van der Waals surface area (Å²) in [6, 6.07) is 10.5. The Morgan fingerprint density at radius 1 is 1.17 bits per heavy atom. The highest BCUT2D eigenvalue weighted by Crippen LogP contribution is 2.31. The molecule has 0 unspecified atom stereocenters. The summed E-state index contributed by atoms with van der Waals surface area (Å²) in [6.07, 6.45) is 1.89. The van der Waals surface area contributed by atoms with Gasteiger partial charge in [-0.3, -0.25) is 4.40 Å². The molecule has 0 bridgehead atoms. The zero-order valence-corrected chi connectivity index (χ0v) is 13.0. The molecule has 0 saturated heterocycles. The molecule has 2 aromatic heterocycles. The fraction of sp³-hybridized carbons (Fsp3) is 0.200. The number of ether oxygens (including phenoxy) is 2. The summed E-state index contributed by atoms with van der Waals surface area (Å²) >= 11 is 1.49. The van der Waals surface area contributed by atoms with Crippen LogP contribution in [0.5, 0.6) is 11.5 Å². The van der Waals surface area contributed by atoms with Crippen LogP contribution in [-0.4, -0.2) is 28.3 Å². The first-order valence-electron chi connectivity index (χ1n) is 6.71. The van der Waals surface area contributed by atoms with Gasteiger partial charge in [0.1, 0.15) is 0 Å². The summed E-state index contributed by atoms with van der Waals surface area (Å²) in [5, 5.41) is 8.96. The summed E-state index contributed by atoms with van der Waals surface area (Å²) in [5.74, 6) is 0.889. The van der Waals surface area contributed by atoms with Crippen molar-refractivity contribution < 1.29 is 18.3 Å². The van der Waals surface area contributed by atoms with Crippen LogP contribution in [0.3, 0.4) is 0 Å². The molecular weight excluding hydrogens is 324 g/mol. The van der Waals surface area contributed by atoms with Crippen molar-refractivity contribution in [3.05, 3.63) is 48.2 Å². The molecule has 0 atom stereocenters. The fourth-order valence-corrected chi connectivity index (χ4v) is 2.93. The van der Waals surface area contributed by atoms with E-state index in [1.54, 1.807) is 12.1 Å². The summed E-state index contributed by atoms with van der Waals surface area (Å²) in [6.45, 7) is -2.88. The minimum absolute atomic E-state index is 0.0178. The average Bonchev–Trinajstić information content (AvgIpc) is 2.96. The lowest BCUT2D eigenvalue weighted by Gasteiger charge is -2.11. The molecule has 0 radical (unpaired) electrons. The van der Waals surface area contributed by atoms with Crippen LogP contribution < -0.4 is 9.47 Å². The molecular formula is C15H13F2N3O2S. The number of aromatic nitrogens is 3. The van der Waals surface area contributed by atoms with E-state index in [0.29, 0.717) is 5.75 Å². The molecule has 0 aliphatic heterocycles. The zero-order chi connectivity index (χ0) is 16.2. The van der Waals surface area contributed by atoms with E-state index in [0.717, 1.165) is 16.4 Å². The van der Waals surface area contributed by atoms with Crippen molar-refractivity contribution in [2.24, 2.45) is 0 Å². The first-order valence-corrected chi connectivity index (χ1v) is 7.70. The number of fused-ring (bicyclic) bond motifs is 1. The standard InChI is InChI=1S/C15H13F2N3O2S/c1-21-12-8-10(5-6-11(12)22-14(16)17)9-23-15-19-18-13-4-2-3-7-20(13)15/h2-8,14H,9H2,1H3. The number of thioether (sulfide) groups is 1. The number of hydrogen-bond acceptors (Lipinski definition) is 5. The van der Waals surface area contributed by atoms with Gasteiger partial charge >= 0.3 is 6.61 Å². The second-order valence-corrected chi connectivity index (χ2v) is 5.51. The van der Waals surface area contributed by atoms with Crippen molar-refractivity contribution in [2.45, 2.75) is 17.5 Å². The zero-order valence-electron chi connectivity index (χ0n) is 12.1. The van der Waals surface area contributed by atoms with Crippen LogP contribution in [0.1, 0.15) is 5.56 Å². The van der Waals surface area contributed by atoms with Gasteiger partial charge in [0.25, 0.3) is 0 Å². The highest BCUT2D eigenvalue weighted by molar-refractivity contribution is 7.98. The minimum Gasteiger partial charge on any atom is -0.493 e. The smallest absolute Gasteiger partial charge is 0.387 e. The van der Waals surface area contributed by atoms with Gasteiger partial charge in [-0.25, -0.2) is 0 Å². The van der Waals surface area contributed by atoms with Crippen molar-refractivity contribution in [1.29, 1.82) is 0 Å².